The van der Waals surface area contributed by atoms with Crippen molar-refractivity contribution < 1.29 is 0 Å². The van der Waals surface area contributed by atoms with E-state index in [4.69, 9.17) is 0 Å². The van der Waals surface area contributed by atoms with Crippen LogP contribution in [0.5, 0.6) is 0 Å². The molecule has 0 radical (unpaired) electrons. The summed E-state index contributed by atoms with van der Waals surface area (Å²) in [6.07, 6.45) is 5.79. The second-order valence-corrected chi connectivity index (χ2v) is 5.44. The molecule has 3 rings (SSSR count). The van der Waals surface area contributed by atoms with Gasteiger partial charge in [0, 0.05) is 12.6 Å². The molecule has 0 aliphatic carbocycles. The fourth-order valence-electron chi connectivity index (χ4n) is 2.92. The smallest absolute Gasteiger partial charge is 0.0763 e. The van der Waals surface area contributed by atoms with Crippen LogP contribution in [0.3, 0.4) is 0 Å². The van der Waals surface area contributed by atoms with E-state index in [0.29, 0.717) is 0 Å². The summed E-state index contributed by atoms with van der Waals surface area (Å²) in [5.74, 6) is 0. The highest BCUT2D eigenvalue weighted by molar-refractivity contribution is 5.85. The van der Waals surface area contributed by atoms with E-state index in [1.54, 1.807) is 0 Å². The highest BCUT2D eigenvalue weighted by Crippen LogP contribution is 2.31. The monoisotopic (exact) mass is 276 g/mol. The van der Waals surface area contributed by atoms with Gasteiger partial charge in [-0.05, 0) is 29.5 Å². The van der Waals surface area contributed by atoms with Crippen molar-refractivity contribution in [3.63, 3.8) is 0 Å². The SMILES string of the molecule is C=CCc1cccc2c1C=NN(C)C2Cc1ccccc1. The lowest BCUT2D eigenvalue weighted by atomic mass is 9.90. The summed E-state index contributed by atoms with van der Waals surface area (Å²) in [5.41, 5.74) is 5.26. The van der Waals surface area contributed by atoms with Crippen LogP contribution in [0.1, 0.15) is 28.3 Å². The number of hydrazone groups is 1. The Balaban J connectivity index is 1.98. The fourth-order valence-corrected chi connectivity index (χ4v) is 2.92. The molecule has 2 aromatic rings. The zero-order valence-electron chi connectivity index (χ0n) is 12.4. The Labute approximate surface area is 126 Å². The molecule has 1 aliphatic heterocycles. The average molecular weight is 276 g/mol. The summed E-state index contributed by atoms with van der Waals surface area (Å²) in [4.78, 5) is 0. The summed E-state index contributed by atoms with van der Waals surface area (Å²) >= 11 is 0. The molecule has 0 saturated carbocycles. The van der Waals surface area contributed by atoms with Crippen LogP contribution in [0.15, 0.2) is 66.3 Å². The molecule has 0 amide bonds. The standard InChI is InChI=1S/C19H20N2/c1-3-8-16-11-7-12-17-18(16)14-20-21(2)19(17)13-15-9-5-4-6-10-15/h3-7,9-12,14,19H,1,8,13H2,2H3. The first kappa shape index (κ1) is 13.6. The molecule has 106 valence electrons. The minimum atomic E-state index is 0.289. The molecule has 0 saturated heterocycles. The van der Waals surface area contributed by atoms with E-state index < -0.39 is 0 Å². The van der Waals surface area contributed by atoms with Crippen molar-refractivity contribution in [3.8, 4) is 0 Å². The van der Waals surface area contributed by atoms with E-state index in [9.17, 15) is 0 Å². The van der Waals surface area contributed by atoms with E-state index >= 15 is 0 Å². The van der Waals surface area contributed by atoms with Crippen LogP contribution in [0, 0.1) is 0 Å². The molecule has 0 fully saturated rings. The van der Waals surface area contributed by atoms with Crippen LogP contribution < -0.4 is 0 Å². The highest BCUT2D eigenvalue weighted by Gasteiger charge is 2.23. The van der Waals surface area contributed by atoms with Crippen LogP contribution in [-0.4, -0.2) is 18.3 Å². The Morgan fingerprint density at radius 1 is 1.14 bits per heavy atom. The van der Waals surface area contributed by atoms with E-state index in [2.05, 4.69) is 65.2 Å². The van der Waals surface area contributed by atoms with Gasteiger partial charge >= 0.3 is 0 Å². The Morgan fingerprint density at radius 3 is 2.71 bits per heavy atom. The average Bonchev–Trinajstić information content (AvgIpc) is 2.52. The first-order valence-corrected chi connectivity index (χ1v) is 7.33. The fraction of sp³-hybridized carbons (Fsp3) is 0.211. The lowest BCUT2D eigenvalue weighted by Crippen LogP contribution is -2.26. The summed E-state index contributed by atoms with van der Waals surface area (Å²) in [6.45, 7) is 3.85. The van der Waals surface area contributed by atoms with Gasteiger partial charge in [0.05, 0.1) is 12.3 Å². The molecule has 1 heterocycles. The predicted molar refractivity (Wildman–Crippen MR) is 88.6 cm³/mol. The van der Waals surface area contributed by atoms with Gasteiger partial charge in [-0.15, -0.1) is 6.58 Å². The Morgan fingerprint density at radius 2 is 1.95 bits per heavy atom. The van der Waals surface area contributed by atoms with Crippen LogP contribution in [0.4, 0.5) is 0 Å². The number of rotatable bonds is 4. The van der Waals surface area contributed by atoms with Crippen molar-refractivity contribution >= 4 is 6.21 Å². The minimum Gasteiger partial charge on any atom is -0.292 e. The molecule has 2 heteroatoms. The molecule has 2 aromatic carbocycles. The van der Waals surface area contributed by atoms with Crippen LogP contribution >= 0.6 is 0 Å². The van der Waals surface area contributed by atoms with Gasteiger partial charge < -0.3 is 0 Å². The van der Waals surface area contributed by atoms with Crippen molar-refractivity contribution in [2.24, 2.45) is 5.10 Å². The number of allylic oxidation sites excluding steroid dienone is 1. The molecule has 0 N–H and O–H groups in total. The Hall–Kier alpha value is -2.35. The van der Waals surface area contributed by atoms with Crippen molar-refractivity contribution in [2.75, 3.05) is 7.05 Å². The second-order valence-electron chi connectivity index (χ2n) is 5.44. The summed E-state index contributed by atoms with van der Waals surface area (Å²) < 4.78 is 0. The van der Waals surface area contributed by atoms with Gasteiger partial charge in [0.1, 0.15) is 0 Å². The van der Waals surface area contributed by atoms with Crippen LogP contribution in [-0.2, 0) is 12.8 Å². The first-order valence-electron chi connectivity index (χ1n) is 7.33. The summed E-state index contributed by atoms with van der Waals surface area (Å²) in [6, 6.07) is 17.4. The molecule has 0 spiro atoms. The normalized spacial score (nSPS) is 16.6. The molecular weight excluding hydrogens is 256 g/mol. The van der Waals surface area contributed by atoms with E-state index in [1.165, 1.54) is 22.3 Å². The zero-order valence-corrected chi connectivity index (χ0v) is 12.4. The molecule has 0 bridgehead atoms. The van der Waals surface area contributed by atoms with Crippen molar-refractivity contribution in [1.29, 1.82) is 0 Å². The lowest BCUT2D eigenvalue weighted by Gasteiger charge is -2.31. The number of likely N-dealkylation sites (N-methyl/N-ethyl adjacent to an activating group) is 1. The third kappa shape index (κ3) is 2.75. The summed E-state index contributed by atoms with van der Waals surface area (Å²) in [7, 11) is 2.05. The Kier molecular flexibility index (Phi) is 3.87. The first-order chi connectivity index (χ1) is 10.3. The van der Waals surface area contributed by atoms with Crippen molar-refractivity contribution in [2.45, 2.75) is 18.9 Å². The molecule has 1 unspecified atom stereocenters. The molecule has 0 aromatic heterocycles. The van der Waals surface area contributed by atoms with Crippen LogP contribution in [0.2, 0.25) is 0 Å². The molecule has 21 heavy (non-hydrogen) atoms. The zero-order chi connectivity index (χ0) is 14.7. The van der Waals surface area contributed by atoms with Gasteiger partial charge in [-0.25, -0.2) is 0 Å². The van der Waals surface area contributed by atoms with Gasteiger partial charge in [-0.1, -0.05) is 54.6 Å². The third-order valence-electron chi connectivity index (χ3n) is 4.05. The number of nitrogens with zero attached hydrogens (tertiary/aromatic N) is 2. The predicted octanol–water partition coefficient (Wildman–Crippen LogP) is 3.98. The quantitative estimate of drug-likeness (QED) is 0.771. The van der Waals surface area contributed by atoms with Gasteiger partial charge in [-0.3, -0.25) is 5.01 Å². The maximum atomic E-state index is 4.57. The largest absolute Gasteiger partial charge is 0.292 e. The van der Waals surface area contributed by atoms with E-state index in [0.717, 1.165) is 12.8 Å². The molecule has 1 atom stereocenters. The van der Waals surface area contributed by atoms with E-state index in [1.807, 2.05) is 19.3 Å². The van der Waals surface area contributed by atoms with Gasteiger partial charge in [0.25, 0.3) is 0 Å². The maximum absolute atomic E-state index is 4.57. The number of fused-ring (bicyclic) bond motifs is 1. The number of benzene rings is 2. The summed E-state index contributed by atoms with van der Waals surface area (Å²) in [5, 5.41) is 6.63. The van der Waals surface area contributed by atoms with Gasteiger partial charge in [-0.2, -0.15) is 5.10 Å². The number of hydrogen-bond acceptors (Lipinski definition) is 2. The number of hydrogen-bond donors (Lipinski definition) is 0. The van der Waals surface area contributed by atoms with Gasteiger partial charge in [0.15, 0.2) is 0 Å². The lowest BCUT2D eigenvalue weighted by molar-refractivity contribution is 0.251. The molecular formula is C19H20N2. The maximum Gasteiger partial charge on any atom is 0.0763 e. The second kappa shape index (κ2) is 5.96. The Bertz CT molecular complexity index is 659. The van der Waals surface area contributed by atoms with Crippen molar-refractivity contribution in [3.05, 3.63) is 83.4 Å². The van der Waals surface area contributed by atoms with E-state index in [-0.39, 0.29) is 6.04 Å². The van der Waals surface area contributed by atoms with Gasteiger partial charge in [0.2, 0.25) is 0 Å². The molecule has 2 nitrogen and oxygen atoms in total. The topological polar surface area (TPSA) is 15.6 Å². The third-order valence-corrected chi connectivity index (χ3v) is 4.05. The van der Waals surface area contributed by atoms with Crippen molar-refractivity contribution in [1.82, 2.24) is 5.01 Å². The van der Waals surface area contributed by atoms with Crippen LogP contribution in [0.25, 0.3) is 0 Å². The minimum absolute atomic E-state index is 0.289. The molecule has 1 aliphatic rings. The highest BCUT2D eigenvalue weighted by atomic mass is 15.5.